The Labute approximate surface area is 124 Å². The van der Waals surface area contributed by atoms with E-state index in [1.165, 1.54) is 11.8 Å². The van der Waals surface area contributed by atoms with Gasteiger partial charge in [0.05, 0.1) is 18.2 Å². The van der Waals surface area contributed by atoms with Crippen molar-refractivity contribution in [3.63, 3.8) is 0 Å². The number of hydrogen-bond donors (Lipinski definition) is 1. The van der Waals surface area contributed by atoms with E-state index in [-0.39, 0.29) is 11.6 Å². The molecule has 0 saturated carbocycles. The van der Waals surface area contributed by atoms with Gasteiger partial charge in [0.2, 0.25) is 0 Å². The van der Waals surface area contributed by atoms with Gasteiger partial charge in [-0.1, -0.05) is 0 Å². The Kier molecular flexibility index (Phi) is 3.30. The van der Waals surface area contributed by atoms with Gasteiger partial charge in [0.15, 0.2) is 6.29 Å². The zero-order chi connectivity index (χ0) is 15.7. The van der Waals surface area contributed by atoms with Gasteiger partial charge in [-0.3, -0.25) is 14.8 Å². The quantitative estimate of drug-likeness (QED) is 0.727. The number of rotatable bonds is 3. The number of anilines is 1. The third-order valence-corrected chi connectivity index (χ3v) is 3.01. The van der Waals surface area contributed by atoms with Crippen molar-refractivity contribution < 1.29 is 14.3 Å². The highest BCUT2D eigenvalue weighted by Gasteiger charge is 2.17. The van der Waals surface area contributed by atoms with Crippen molar-refractivity contribution in [1.29, 1.82) is 0 Å². The van der Waals surface area contributed by atoms with Crippen LogP contribution >= 0.6 is 0 Å². The van der Waals surface area contributed by atoms with Gasteiger partial charge in [-0.05, 0) is 12.1 Å². The number of aromatic nitrogens is 5. The van der Waals surface area contributed by atoms with Crippen LogP contribution < -0.4 is 5.32 Å². The van der Waals surface area contributed by atoms with Gasteiger partial charge in [-0.15, -0.1) is 5.10 Å². The predicted octanol–water partition coefficient (Wildman–Crippen LogP) is 1.12. The highest BCUT2D eigenvalue weighted by atomic mass is 16.5. The number of nitrogens with zero attached hydrogens (tertiary/aromatic N) is 5. The Morgan fingerprint density at radius 3 is 2.95 bits per heavy atom. The van der Waals surface area contributed by atoms with Crippen LogP contribution in [0.1, 0.15) is 10.5 Å². The molecule has 0 aliphatic heterocycles. The van der Waals surface area contributed by atoms with Crippen LogP contribution in [0.15, 0.2) is 24.5 Å². The maximum absolute atomic E-state index is 11.3. The Morgan fingerprint density at radius 2 is 2.23 bits per heavy atom. The molecule has 0 bridgehead atoms. The monoisotopic (exact) mass is 300 g/mol. The molecular weight excluding hydrogens is 288 g/mol. The van der Waals surface area contributed by atoms with Crippen molar-refractivity contribution in [3.8, 4) is 11.3 Å². The molecule has 9 heteroatoms. The molecule has 0 aliphatic rings. The zero-order valence-electron chi connectivity index (χ0n) is 11.8. The number of carbonyl (C=O) groups excluding carboxylic acids is 2. The summed E-state index contributed by atoms with van der Waals surface area (Å²) >= 11 is 0. The van der Waals surface area contributed by atoms with E-state index in [0.29, 0.717) is 23.1 Å². The van der Waals surface area contributed by atoms with Gasteiger partial charge in [-0.2, -0.15) is 5.10 Å². The minimum atomic E-state index is -0.681. The van der Waals surface area contributed by atoms with E-state index in [0.717, 1.165) is 0 Å². The maximum Gasteiger partial charge on any atom is 0.413 e. The summed E-state index contributed by atoms with van der Waals surface area (Å²) in [6, 6.07) is 3.59. The number of hydrogen-bond acceptors (Lipinski definition) is 6. The molecule has 3 heterocycles. The zero-order valence-corrected chi connectivity index (χ0v) is 11.8. The normalized spacial score (nSPS) is 10.6. The second kappa shape index (κ2) is 5.28. The molecule has 112 valence electrons. The minimum absolute atomic E-state index is 0.0613. The molecular formula is C13H12N6O3. The van der Waals surface area contributed by atoms with Crippen molar-refractivity contribution in [2.75, 3.05) is 12.4 Å². The standard InChI is InChI=1S/C13H12N6O3/c1-18-6-8(9(7-20)16-18)11-10-4-3-5-19(10)17-12(14-11)15-13(21)22-2/h3-7H,1-2H3,(H,15,17,21). The lowest BCUT2D eigenvalue weighted by molar-refractivity contribution is 0.111. The van der Waals surface area contributed by atoms with E-state index >= 15 is 0 Å². The van der Waals surface area contributed by atoms with Gasteiger partial charge < -0.3 is 4.74 Å². The summed E-state index contributed by atoms with van der Waals surface area (Å²) in [5.41, 5.74) is 1.98. The minimum Gasteiger partial charge on any atom is -0.453 e. The summed E-state index contributed by atoms with van der Waals surface area (Å²) in [5.74, 6) is 0.0613. The fourth-order valence-corrected chi connectivity index (χ4v) is 2.10. The largest absolute Gasteiger partial charge is 0.453 e. The average Bonchev–Trinajstić information content (AvgIpc) is 3.12. The van der Waals surface area contributed by atoms with E-state index < -0.39 is 6.09 Å². The molecule has 0 radical (unpaired) electrons. The molecule has 0 fully saturated rings. The molecule has 0 aromatic carbocycles. The molecule has 3 aromatic heterocycles. The fraction of sp³-hybridized carbons (Fsp3) is 0.154. The van der Waals surface area contributed by atoms with Gasteiger partial charge in [-0.25, -0.2) is 14.3 Å². The first-order chi connectivity index (χ1) is 10.6. The summed E-state index contributed by atoms with van der Waals surface area (Å²) in [7, 11) is 2.96. The lowest BCUT2D eigenvalue weighted by atomic mass is 10.1. The molecule has 0 atom stereocenters. The van der Waals surface area contributed by atoms with Crippen LogP contribution in [-0.4, -0.2) is 43.9 Å². The number of aryl methyl sites for hydroxylation is 1. The van der Waals surface area contributed by atoms with Crippen molar-refractivity contribution in [1.82, 2.24) is 24.4 Å². The number of nitrogens with one attached hydrogen (secondary N) is 1. The SMILES string of the molecule is COC(=O)Nc1nc(-c2cn(C)nc2C=O)c2cccn2n1. The number of methoxy groups -OCH3 is 1. The van der Waals surface area contributed by atoms with Crippen molar-refractivity contribution in [2.45, 2.75) is 0 Å². The summed E-state index contributed by atoms with van der Waals surface area (Å²) in [6.07, 6.45) is 3.37. The van der Waals surface area contributed by atoms with E-state index in [4.69, 9.17) is 0 Å². The third-order valence-electron chi connectivity index (χ3n) is 3.01. The Morgan fingerprint density at radius 1 is 1.41 bits per heavy atom. The van der Waals surface area contributed by atoms with Crippen molar-refractivity contribution >= 4 is 23.8 Å². The summed E-state index contributed by atoms with van der Waals surface area (Å²) in [6.45, 7) is 0. The number of ether oxygens (including phenoxy) is 1. The molecule has 0 spiro atoms. The highest BCUT2D eigenvalue weighted by Crippen LogP contribution is 2.25. The topological polar surface area (TPSA) is 103 Å². The molecule has 22 heavy (non-hydrogen) atoms. The third kappa shape index (κ3) is 2.28. The molecule has 9 nitrogen and oxygen atoms in total. The number of amides is 1. The van der Waals surface area contributed by atoms with Crippen LogP contribution in [-0.2, 0) is 11.8 Å². The highest BCUT2D eigenvalue weighted by molar-refractivity contribution is 5.90. The number of fused-ring (bicyclic) bond motifs is 1. The van der Waals surface area contributed by atoms with E-state index in [9.17, 15) is 9.59 Å². The van der Waals surface area contributed by atoms with E-state index in [1.807, 2.05) is 0 Å². The molecule has 0 saturated heterocycles. The molecule has 0 unspecified atom stereocenters. The van der Waals surface area contributed by atoms with Crippen LogP contribution in [0.25, 0.3) is 16.8 Å². The maximum atomic E-state index is 11.3. The van der Waals surface area contributed by atoms with E-state index in [2.05, 4.69) is 25.2 Å². The summed E-state index contributed by atoms with van der Waals surface area (Å²) < 4.78 is 7.60. The lowest BCUT2D eigenvalue weighted by Gasteiger charge is -2.07. The predicted molar refractivity (Wildman–Crippen MR) is 76.6 cm³/mol. The van der Waals surface area contributed by atoms with Crippen molar-refractivity contribution in [2.24, 2.45) is 7.05 Å². The average molecular weight is 300 g/mol. The Bertz CT molecular complexity index is 866. The molecule has 1 amide bonds. The first kappa shape index (κ1) is 13.7. The van der Waals surface area contributed by atoms with Gasteiger partial charge in [0.1, 0.15) is 11.4 Å². The van der Waals surface area contributed by atoms with Crippen LogP contribution in [0.2, 0.25) is 0 Å². The van der Waals surface area contributed by atoms with Gasteiger partial charge in [0.25, 0.3) is 5.95 Å². The molecule has 3 aromatic rings. The molecule has 1 N–H and O–H groups in total. The number of carbonyl (C=O) groups is 2. The summed E-state index contributed by atoms with van der Waals surface area (Å²) in [5, 5.41) is 10.6. The second-order valence-corrected chi connectivity index (χ2v) is 4.46. The Hall–Kier alpha value is -3.23. The summed E-state index contributed by atoms with van der Waals surface area (Å²) in [4.78, 5) is 26.8. The Balaban J connectivity index is 2.20. The molecule has 3 rings (SSSR count). The first-order valence-electron chi connectivity index (χ1n) is 6.32. The lowest BCUT2D eigenvalue weighted by Crippen LogP contribution is -2.15. The van der Waals surface area contributed by atoms with Crippen LogP contribution in [0.3, 0.4) is 0 Å². The molecule has 0 aliphatic carbocycles. The van der Waals surface area contributed by atoms with Crippen molar-refractivity contribution in [3.05, 3.63) is 30.2 Å². The smallest absolute Gasteiger partial charge is 0.413 e. The number of aldehydes is 1. The van der Waals surface area contributed by atoms with E-state index in [1.54, 1.807) is 36.1 Å². The second-order valence-electron chi connectivity index (χ2n) is 4.46. The first-order valence-corrected chi connectivity index (χ1v) is 6.32. The van der Waals surface area contributed by atoms with Gasteiger partial charge >= 0.3 is 6.09 Å². The van der Waals surface area contributed by atoms with Crippen LogP contribution in [0, 0.1) is 0 Å². The fourth-order valence-electron chi connectivity index (χ4n) is 2.10. The van der Waals surface area contributed by atoms with Crippen LogP contribution in [0.5, 0.6) is 0 Å². The van der Waals surface area contributed by atoms with Gasteiger partial charge in [0, 0.05) is 19.4 Å². The van der Waals surface area contributed by atoms with Crippen LogP contribution in [0.4, 0.5) is 10.7 Å².